The summed E-state index contributed by atoms with van der Waals surface area (Å²) in [5.41, 5.74) is 6.48. The molecule has 0 bridgehead atoms. The molecule has 0 spiro atoms. The van der Waals surface area contributed by atoms with Crippen molar-refractivity contribution >= 4 is 33.3 Å². The molecule has 0 fully saturated rings. The fourth-order valence-corrected chi connectivity index (χ4v) is 3.64. The molecule has 0 N–H and O–H groups in total. The highest BCUT2D eigenvalue weighted by molar-refractivity contribution is 6.09. The SMILES string of the molecule is CN(c1ccccc1)c1ccc(-c2cccc3c2oc2ccccc23)cc1. The molecule has 0 unspecified atom stereocenters. The van der Waals surface area contributed by atoms with E-state index in [1.807, 2.05) is 18.2 Å². The minimum atomic E-state index is 0.931. The van der Waals surface area contributed by atoms with Crippen LogP contribution in [0.25, 0.3) is 33.1 Å². The molecule has 27 heavy (non-hydrogen) atoms. The van der Waals surface area contributed by atoms with Crippen LogP contribution < -0.4 is 4.90 Å². The molecule has 0 amide bonds. The zero-order valence-corrected chi connectivity index (χ0v) is 15.1. The standard InChI is InChI=1S/C25H19NO/c1-26(19-8-3-2-4-9-19)20-16-14-18(15-17-20)21-11-7-12-23-22-10-5-6-13-24(22)27-25(21)23/h2-17H,1H3. The number of nitrogens with zero attached hydrogens (tertiary/aromatic N) is 1. The first kappa shape index (κ1) is 15.7. The van der Waals surface area contributed by atoms with Gasteiger partial charge in [-0.05, 0) is 35.9 Å². The van der Waals surface area contributed by atoms with Crippen LogP contribution in [0.5, 0.6) is 0 Å². The number of benzene rings is 4. The third-order valence-corrected chi connectivity index (χ3v) is 5.11. The van der Waals surface area contributed by atoms with Crippen LogP contribution in [0.3, 0.4) is 0 Å². The molecule has 130 valence electrons. The van der Waals surface area contributed by atoms with Gasteiger partial charge in [-0.3, -0.25) is 0 Å². The topological polar surface area (TPSA) is 16.4 Å². The molecule has 0 aliphatic carbocycles. The van der Waals surface area contributed by atoms with Crippen LogP contribution in [0.2, 0.25) is 0 Å². The molecule has 2 heteroatoms. The van der Waals surface area contributed by atoms with Gasteiger partial charge in [0.2, 0.25) is 0 Å². The fourth-order valence-electron chi connectivity index (χ4n) is 3.64. The lowest BCUT2D eigenvalue weighted by Gasteiger charge is -2.19. The molecule has 0 aliphatic rings. The van der Waals surface area contributed by atoms with Gasteiger partial charge in [0.05, 0.1) is 0 Å². The average Bonchev–Trinajstić information content (AvgIpc) is 3.13. The largest absolute Gasteiger partial charge is 0.455 e. The molecule has 0 aliphatic heterocycles. The van der Waals surface area contributed by atoms with Crippen LogP contribution in [0.1, 0.15) is 0 Å². The first-order valence-electron chi connectivity index (χ1n) is 9.11. The molecule has 0 radical (unpaired) electrons. The van der Waals surface area contributed by atoms with Gasteiger partial charge < -0.3 is 9.32 Å². The molecule has 5 aromatic rings. The van der Waals surface area contributed by atoms with E-state index in [1.165, 1.54) is 5.69 Å². The van der Waals surface area contributed by atoms with Gasteiger partial charge in [-0.25, -0.2) is 0 Å². The van der Waals surface area contributed by atoms with Gasteiger partial charge >= 0.3 is 0 Å². The average molecular weight is 349 g/mol. The van der Waals surface area contributed by atoms with Crippen molar-refractivity contribution in [3.05, 3.63) is 97.1 Å². The molecular weight excluding hydrogens is 330 g/mol. The Balaban J connectivity index is 1.57. The van der Waals surface area contributed by atoms with E-state index in [0.29, 0.717) is 0 Å². The van der Waals surface area contributed by atoms with Gasteiger partial charge in [0.1, 0.15) is 11.2 Å². The van der Waals surface area contributed by atoms with Crippen molar-refractivity contribution in [1.29, 1.82) is 0 Å². The second-order valence-corrected chi connectivity index (χ2v) is 6.72. The van der Waals surface area contributed by atoms with Crippen molar-refractivity contribution in [2.45, 2.75) is 0 Å². The summed E-state index contributed by atoms with van der Waals surface area (Å²) in [5, 5.41) is 2.32. The third kappa shape index (κ3) is 2.67. The van der Waals surface area contributed by atoms with Gasteiger partial charge in [0.15, 0.2) is 0 Å². The second-order valence-electron chi connectivity index (χ2n) is 6.72. The van der Waals surface area contributed by atoms with Crippen LogP contribution in [0.4, 0.5) is 11.4 Å². The monoisotopic (exact) mass is 349 g/mol. The molecule has 4 aromatic carbocycles. The smallest absolute Gasteiger partial charge is 0.143 e. The Morgan fingerprint density at radius 2 is 1.26 bits per heavy atom. The molecule has 5 rings (SSSR count). The maximum absolute atomic E-state index is 6.17. The molecule has 0 saturated carbocycles. The Morgan fingerprint density at radius 3 is 2.07 bits per heavy atom. The summed E-state index contributed by atoms with van der Waals surface area (Å²) < 4.78 is 6.17. The number of hydrogen-bond acceptors (Lipinski definition) is 2. The Labute approximate surface area is 158 Å². The Hall–Kier alpha value is -3.52. The number of fused-ring (bicyclic) bond motifs is 3. The van der Waals surface area contributed by atoms with Crippen LogP contribution >= 0.6 is 0 Å². The van der Waals surface area contributed by atoms with E-state index in [0.717, 1.165) is 38.8 Å². The zero-order valence-electron chi connectivity index (χ0n) is 15.1. The summed E-state index contributed by atoms with van der Waals surface area (Å²) in [6, 6.07) is 33.6. The van der Waals surface area contributed by atoms with Crippen molar-refractivity contribution < 1.29 is 4.42 Å². The Bertz CT molecular complexity index is 1220. The van der Waals surface area contributed by atoms with E-state index in [9.17, 15) is 0 Å². The van der Waals surface area contributed by atoms with Crippen molar-refractivity contribution in [3.63, 3.8) is 0 Å². The summed E-state index contributed by atoms with van der Waals surface area (Å²) in [5.74, 6) is 0. The van der Waals surface area contributed by atoms with E-state index in [2.05, 4.69) is 90.8 Å². The van der Waals surface area contributed by atoms with Crippen LogP contribution in [0, 0.1) is 0 Å². The maximum Gasteiger partial charge on any atom is 0.143 e. The van der Waals surface area contributed by atoms with Gasteiger partial charge in [0.25, 0.3) is 0 Å². The highest BCUT2D eigenvalue weighted by Crippen LogP contribution is 2.36. The van der Waals surface area contributed by atoms with Crippen LogP contribution in [0.15, 0.2) is 101 Å². The highest BCUT2D eigenvalue weighted by Gasteiger charge is 2.12. The summed E-state index contributed by atoms with van der Waals surface area (Å²) >= 11 is 0. The van der Waals surface area contributed by atoms with E-state index in [1.54, 1.807) is 0 Å². The van der Waals surface area contributed by atoms with Gasteiger partial charge in [-0.1, -0.05) is 66.7 Å². The van der Waals surface area contributed by atoms with Crippen LogP contribution in [-0.2, 0) is 0 Å². The number of hydrogen-bond donors (Lipinski definition) is 0. The van der Waals surface area contributed by atoms with Crippen molar-refractivity contribution in [1.82, 2.24) is 0 Å². The fraction of sp³-hybridized carbons (Fsp3) is 0.0400. The van der Waals surface area contributed by atoms with Crippen LogP contribution in [-0.4, -0.2) is 7.05 Å². The van der Waals surface area contributed by atoms with E-state index in [-0.39, 0.29) is 0 Å². The second kappa shape index (κ2) is 6.33. The van der Waals surface area contributed by atoms with E-state index in [4.69, 9.17) is 4.42 Å². The molecule has 1 aromatic heterocycles. The Morgan fingerprint density at radius 1 is 0.593 bits per heavy atom. The van der Waals surface area contributed by atoms with E-state index >= 15 is 0 Å². The highest BCUT2D eigenvalue weighted by atomic mass is 16.3. The minimum absolute atomic E-state index is 0.931. The van der Waals surface area contributed by atoms with Crippen molar-refractivity contribution in [2.75, 3.05) is 11.9 Å². The summed E-state index contributed by atoms with van der Waals surface area (Å²) in [4.78, 5) is 2.19. The lowest BCUT2D eigenvalue weighted by atomic mass is 10.0. The minimum Gasteiger partial charge on any atom is -0.455 e. The van der Waals surface area contributed by atoms with Gasteiger partial charge in [-0.15, -0.1) is 0 Å². The quantitative estimate of drug-likeness (QED) is 0.348. The third-order valence-electron chi connectivity index (χ3n) is 5.11. The number of furan rings is 1. The predicted molar refractivity (Wildman–Crippen MR) is 114 cm³/mol. The normalized spacial score (nSPS) is 11.1. The number of anilines is 2. The first-order chi connectivity index (χ1) is 13.3. The first-order valence-corrected chi connectivity index (χ1v) is 9.11. The molecule has 0 atom stereocenters. The summed E-state index contributed by atoms with van der Waals surface area (Å²) in [7, 11) is 2.09. The molecule has 1 heterocycles. The molecular formula is C25H19NO. The molecule has 2 nitrogen and oxygen atoms in total. The lowest BCUT2D eigenvalue weighted by molar-refractivity contribution is 0.670. The maximum atomic E-state index is 6.17. The van der Waals surface area contributed by atoms with Crippen molar-refractivity contribution in [2.24, 2.45) is 0 Å². The Kier molecular flexibility index (Phi) is 3.68. The van der Waals surface area contributed by atoms with Gasteiger partial charge in [-0.2, -0.15) is 0 Å². The summed E-state index contributed by atoms with van der Waals surface area (Å²) in [6.07, 6.45) is 0. The van der Waals surface area contributed by atoms with Crippen molar-refractivity contribution in [3.8, 4) is 11.1 Å². The van der Waals surface area contributed by atoms with Gasteiger partial charge in [0, 0.05) is 34.8 Å². The predicted octanol–water partition coefficient (Wildman–Crippen LogP) is 7.02. The lowest BCUT2D eigenvalue weighted by Crippen LogP contribution is -2.08. The number of rotatable bonds is 3. The molecule has 0 saturated heterocycles. The zero-order chi connectivity index (χ0) is 18.2. The number of para-hydroxylation sites is 3. The van der Waals surface area contributed by atoms with E-state index < -0.39 is 0 Å². The summed E-state index contributed by atoms with van der Waals surface area (Å²) in [6.45, 7) is 0.